The molecule has 6 heteroatoms. The van der Waals surface area contributed by atoms with Gasteiger partial charge in [-0.05, 0) is 24.6 Å². The van der Waals surface area contributed by atoms with E-state index in [1.54, 1.807) is 24.4 Å². The standard InChI is InChI=1S/C21H19N3O3/c1-2-22-20(26)18-11-13-7-3-6-10-17(13)24(18)21(27)19(25)15-12-23-16-9-5-4-8-14(15)16/h3-10,12,18,23H,2,11H2,1H3,(H,22,26). The monoisotopic (exact) mass is 361 g/mol. The molecule has 2 amide bonds. The van der Waals surface area contributed by atoms with E-state index in [0.29, 0.717) is 29.6 Å². The van der Waals surface area contributed by atoms with E-state index in [2.05, 4.69) is 10.3 Å². The molecule has 1 aliphatic rings. The Morgan fingerprint density at radius 2 is 1.85 bits per heavy atom. The highest BCUT2D eigenvalue weighted by Gasteiger charge is 2.40. The number of carbonyl (C=O) groups excluding carboxylic acids is 3. The number of Topliss-reactive ketones (excluding diaryl/α,β-unsaturated/α-hetero) is 1. The van der Waals surface area contributed by atoms with Crippen LogP contribution in [0.5, 0.6) is 0 Å². The molecule has 2 aromatic carbocycles. The van der Waals surface area contributed by atoms with Crippen LogP contribution in [-0.2, 0) is 16.0 Å². The van der Waals surface area contributed by atoms with Gasteiger partial charge >= 0.3 is 0 Å². The molecule has 3 aromatic rings. The van der Waals surface area contributed by atoms with Crippen molar-refractivity contribution in [3.63, 3.8) is 0 Å². The fraction of sp³-hybridized carbons (Fsp3) is 0.190. The first-order chi connectivity index (χ1) is 13.1. The molecular formula is C21H19N3O3. The molecule has 2 N–H and O–H groups in total. The number of hydrogen-bond donors (Lipinski definition) is 2. The van der Waals surface area contributed by atoms with E-state index in [1.807, 2.05) is 37.3 Å². The molecule has 27 heavy (non-hydrogen) atoms. The van der Waals surface area contributed by atoms with Crippen molar-refractivity contribution in [3.05, 3.63) is 65.9 Å². The number of para-hydroxylation sites is 2. The molecule has 6 nitrogen and oxygen atoms in total. The van der Waals surface area contributed by atoms with Crippen LogP contribution < -0.4 is 10.2 Å². The van der Waals surface area contributed by atoms with E-state index in [9.17, 15) is 14.4 Å². The summed E-state index contributed by atoms with van der Waals surface area (Å²) in [5.41, 5.74) is 2.60. The Hall–Kier alpha value is -3.41. The number of nitrogens with zero attached hydrogens (tertiary/aromatic N) is 1. The Morgan fingerprint density at radius 1 is 1.11 bits per heavy atom. The fourth-order valence-corrected chi connectivity index (χ4v) is 3.62. The highest BCUT2D eigenvalue weighted by atomic mass is 16.2. The Bertz CT molecular complexity index is 1050. The number of fused-ring (bicyclic) bond motifs is 2. The quantitative estimate of drug-likeness (QED) is 0.553. The number of aromatic amines is 1. The number of likely N-dealkylation sites (N-methyl/N-ethyl adjacent to an activating group) is 1. The van der Waals surface area contributed by atoms with Crippen LogP contribution in [0.2, 0.25) is 0 Å². The molecule has 136 valence electrons. The number of aromatic nitrogens is 1. The van der Waals surface area contributed by atoms with Crippen molar-refractivity contribution in [2.75, 3.05) is 11.4 Å². The zero-order chi connectivity index (χ0) is 19.0. The molecule has 0 aliphatic carbocycles. The normalized spacial score (nSPS) is 15.6. The zero-order valence-electron chi connectivity index (χ0n) is 14.9. The van der Waals surface area contributed by atoms with Crippen LogP contribution in [-0.4, -0.2) is 35.2 Å². The average Bonchev–Trinajstić information content (AvgIpc) is 3.28. The number of rotatable bonds is 4. The van der Waals surface area contributed by atoms with Crippen LogP contribution >= 0.6 is 0 Å². The molecule has 0 bridgehead atoms. The molecule has 0 saturated carbocycles. The third-order valence-electron chi connectivity index (χ3n) is 4.88. The fourth-order valence-electron chi connectivity index (χ4n) is 3.62. The number of carbonyl (C=O) groups is 3. The highest BCUT2D eigenvalue weighted by Crippen LogP contribution is 2.33. The smallest absolute Gasteiger partial charge is 0.300 e. The number of H-pyrrole nitrogens is 1. The lowest BCUT2D eigenvalue weighted by atomic mass is 10.1. The molecular weight excluding hydrogens is 342 g/mol. The van der Waals surface area contributed by atoms with Gasteiger partial charge < -0.3 is 10.3 Å². The minimum atomic E-state index is -0.719. The number of benzene rings is 2. The highest BCUT2D eigenvalue weighted by molar-refractivity contribution is 6.49. The average molecular weight is 361 g/mol. The second-order valence-corrected chi connectivity index (χ2v) is 6.50. The molecule has 2 heterocycles. The van der Waals surface area contributed by atoms with Crippen LogP contribution in [0.25, 0.3) is 10.9 Å². The molecule has 1 atom stereocenters. The van der Waals surface area contributed by atoms with Gasteiger partial charge in [0.2, 0.25) is 5.91 Å². The van der Waals surface area contributed by atoms with E-state index < -0.39 is 17.7 Å². The largest absolute Gasteiger partial charge is 0.360 e. The molecule has 4 rings (SSSR count). The number of nitrogens with one attached hydrogen (secondary N) is 2. The predicted octanol–water partition coefficient (Wildman–Crippen LogP) is 2.44. The van der Waals surface area contributed by atoms with Gasteiger partial charge in [-0.3, -0.25) is 19.3 Å². The number of ketones is 1. The van der Waals surface area contributed by atoms with Gasteiger partial charge in [-0.15, -0.1) is 0 Å². The van der Waals surface area contributed by atoms with Crippen molar-refractivity contribution >= 4 is 34.2 Å². The van der Waals surface area contributed by atoms with E-state index in [-0.39, 0.29) is 5.91 Å². The summed E-state index contributed by atoms with van der Waals surface area (Å²) >= 11 is 0. The van der Waals surface area contributed by atoms with Crippen LogP contribution in [0.1, 0.15) is 22.8 Å². The summed E-state index contributed by atoms with van der Waals surface area (Å²) in [5, 5.41) is 3.45. The van der Waals surface area contributed by atoms with Gasteiger partial charge in [0.05, 0.1) is 5.56 Å². The molecule has 1 aromatic heterocycles. The third-order valence-corrected chi connectivity index (χ3v) is 4.88. The Morgan fingerprint density at radius 3 is 2.67 bits per heavy atom. The van der Waals surface area contributed by atoms with Crippen LogP contribution in [0.15, 0.2) is 54.7 Å². The lowest BCUT2D eigenvalue weighted by molar-refractivity contribution is -0.124. The lowest BCUT2D eigenvalue weighted by Gasteiger charge is -2.24. The topological polar surface area (TPSA) is 82.3 Å². The molecule has 0 fully saturated rings. The molecule has 0 saturated heterocycles. The molecule has 1 aliphatic heterocycles. The predicted molar refractivity (Wildman–Crippen MR) is 103 cm³/mol. The van der Waals surface area contributed by atoms with Gasteiger partial charge in [0, 0.05) is 35.8 Å². The van der Waals surface area contributed by atoms with Gasteiger partial charge in [0.25, 0.3) is 11.7 Å². The van der Waals surface area contributed by atoms with Crippen molar-refractivity contribution in [1.82, 2.24) is 10.3 Å². The van der Waals surface area contributed by atoms with Gasteiger partial charge in [0.1, 0.15) is 6.04 Å². The van der Waals surface area contributed by atoms with Crippen molar-refractivity contribution in [1.29, 1.82) is 0 Å². The first kappa shape index (κ1) is 17.0. The second kappa shape index (κ2) is 6.72. The molecule has 1 unspecified atom stereocenters. The lowest BCUT2D eigenvalue weighted by Crippen LogP contribution is -2.50. The van der Waals surface area contributed by atoms with Crippen LogP contribution in [0.3, 0.4) is 0 Å². The number of hydrogen-bond acceptors (Lipinski definition) is 3. The van der Waals surface area contributed by atoms with E-state index in [1.165, 1.54) is 4.90 Å². The van der Waals surface area contributed by atoms with Crippen molar-refractivity contribution in [2.45, 2.75) is 19.4 Å². The first-order valence-electron chi connectivity index (χ1n) is 8.91. The van der Waals surface area contributed by atoms with E-state index in [4.69, 9.17) is 0 Å². The molecule has 0 radical (unpaired) electrons. The summed E-state index contributed by atoms with van der Waals surface area (Å²) in [6.07, 6.45) is 1.95. The SMILES string of the molecule is CCNC(=O)C1Cc2ccccc2N1C(=O)C(=O)c1c[nH]c2ccccc12. The van der Waals surface area contributed by atoms with Crippen molar-refractivity contribution < 1.29 is 14.4 Å². The summed E-state index contributed by atoms with van der Waals surface area (Å²) in [4.78, 5) is 43.0. The number of amides is 2. The maximum Gasteiger partial charge on any atom is 0.300 e. The Kier molecular flexibility index (Phi) is 4.24. The minimum Gasteiger partial charge on any atom is -0.360 e. The maximum absolute atomic E-state index is 13.2. The maximum atomic E-state index is 13.2. The van der Waals surface area contributed by atoms with Crippen molar-refractivity contribution in [2.24, 2.45) is 0 Å². The van der Waals surface area contributed by atoms with Crippen LogP contribution in [0.4, 0.5) is 5.69 Å². The van der Waals surface area contributed by atoms with Gasteiger partial charge in [-0.2, -0.15) is 0 Å². The van der Waals surface area contributed by atoms with Gasteiger partial charge in [-0.25, -0.2) is 0 Å². The summed E-state index contributed by atoms with van der Waals surface area (Å²) in [6, 6.07) is 13.9. The third kappa shape index (κ3) is 2.79. The Labute approximate surface area is 156 Å². The van der Waals surface area contributed by atoms with Crippen LogP contribution in [0, 0.1) is 0 Å². The Balaban J connectivity index is 1.73. The summed E-state index contributed by atoms with van der Waals surface area (Å²) in [5.74, 6) is -1.58. The van der Waals surface area contributed by atoms with E-state index in [0.717, 1.165) is 11.1 Å². The zero-order valence-corrected chi connectivity index (χ0v) is 14.9. The van der Waals surface area contributed by atoms with E-state index >= 15 is 0 Å². The number of anilines is 1. The first-order valence-corrected chi connectivity index (χ1v) is 8.91. The van der Waals surface area contributed by atoms with Gasteiger partial charge in [0.15, 0.2) is 0 Å². The minimum absolute atomic E-state index is 0.256. The summed E-state index contributed by atoms with van der Waals surface area (Å²) < 4.78 is 0. The van der Waals surface area contributed by atoms with Crippen molar-refractivity contribution in [3.8, 4) is 0 Å². The summed E-state index contributed by atoms with van der Waals surface area (Å²) in [6.45, 7) is 2.29. The molecule has 0 spiro atoms. The summed E-state index contributed by atoms with van der Waals surface area (Å²) in [7, 11) is 0. The second-order valence-electron chi connectivity index (χ2n) is 6.50. The van der Waals surface area contributed by atoms with Gasteiger partial charge in [-0.1, -0.05) is 36.4 Å².